The van der Waals surface area contributed by atoms with Crippen LogP contribution in [0.4, 0.5) is 17.1 Å². The lowest BCUT2D eigenvalue weighted by Crippen LogP contribution is -2.21. The zero-order chi connectivity index (χ0) is 23.8. The first-order valence-corrected chi connectivity index (χ1v) is 10.9. The monoisotopic (exact) mass is 451 g/mol. The van der Waals surface area contributed by atoms with E-state index in [1.165, 1.54) is 0 Å². The van der Waals surface area contributed by atoms with Gasteiger partial charge < -0.3 is 20.7 Å². The van der Waals surface area contributed by atoms with Crippen LogP contribution in [0.2, 0.25) is 0 Å². The van der Waals surface area contributed by atoms with Crippen LogP contribution >= 0.6 is 0 Å². The SMILES string of the molecule is Cc1cccc(C(=O)Nc2ccc(NC(=O)CNc3ccc(Oc4ccccc4)cc3)cc2)c1. The van der Waals surface area contributed by atoms with Gasteiger partial charge in [-0.1, -0.05) is 35.9 Å². The number of benzene rings is 4. The minimum Gasteiger partial charge on any atom is -0.457 e. The third kappa shape index (κ3) is 6.46. The molecule has 4 aromatic carbocycles. The molecule has 0 bridgehead atoms. The highest BCUT2D eigenvalue weighted by Gasteiger charge is 2.07. The molecule has 0 unspecified atom stereocenters. The van der Waals surface area contributed by atoms with E-state index in [1.54, 1.807) is 30.3 Å². The summed E-state index contributed by atoms with van der Waals surface area (Å²) in [6.45, 7) is 2.06. The lowest BCUT2D eigenvalue weighted by atomic mass is 10.1. The topological polar surface area (TPSA) is 79.5 Å². The number of carbonyl (C=O) groups excluding carboxylic acids is 2. The maximum absolute atomic E-state index is 12.4. The zero-order valence-corrected chi connectivity index (χ0v) is 18.7. The van der Waals surface area contributed by atoms with Gasteiger partial charge >= 0.3 is 0 Å². The van der Waals surface area contributed by atoms with Crippen molar-refractivity contribution in [2.24, 2.45) is 0 Å². The van der Waals surface area contributed by atoms with Crippen LogP contribution < -0.4 is 20.7 Å². The minimum atomic E-state index is -0.179. The van der Waals surface area contributed by atoms with Gasteiger partial charge in [0.15, 0.2) is 0 Å². The molecule has 0 radical (unpaired) electrons. The molecular formula is C28H25N3O3. The quantitative estimate of drug-likeness (QED) is 0.303. The molecule has 3 N–H and O–H groups in total. The molecule has 6 nitrogen and oxygen atoms in total. The molecule has 0 atom stereocenters. The summed E-state index contributed by atoms with van der Waals surface area (Å²) in [4.78, 5) is 24.7. The van der Waals surface area contributed by atoms with Crippen LogP contribution in [0.1, 0.15) is 15.9 Å². The van der Waals surface area contributed by atoms with Crippen molar-refractivity contribution in [3.05, 3.63) is 114 Å². The number of anilines is 3. The molecule has 0 fully saturated rings. The van der Waals surface area contributed by atoms with Crippen molar-refractivity contribution in [1.82, 2.24) is 0 Å². The number of aryl methyl sites for hydroxylation is 1. The lowest BCUT2D eigenvalue weighted by molar-refractivity contribution is -0.114. The summed E-state index contributed by atoms with van der Waals surface area (Å²) in [5, 5.41) is 8.79. The van der Waals surface area contributed by atoms with Gasteiger partial charge in [0.2, 0.25) is 5.91 Å². The Kier molecular flexibility index (Phi) is 7.20. The number of ether oxygens (including phenoxy) is 1. The molecule has 4 rings (SSSR count). The highest BCUT2D eigenvalue weighted by Crippen LogP contribution is 2.22. The van der Waals surface area contributed by atoms with Crippen molar-refractivity contribution in [3.63, 3.8) is 0 Å². The van der Waals surface area contributed by atoms with E-state index in [2.05, 4.69) is 16.0 Å². The van der Waals surface area contributed by atoms with E-state index in [4.69, 9.17) is 4.74 Å². The molecule has 0 spiro atoms. The smallest absolute Gasteiger partial charge is 0.255 e. The summed E-state index contributed by atoms with van der Waals surface area (Å²) < 4.78 is 5.77. The Morgan fingerprint density at radius 3 is 1.97 bits per heavy atom. The van der Waals surface area contributed by atoms with E-state index in [1.807, 2.05) is 79.7 Å². The predicted molar refractivity (Wildman–Crippen MR) is 136 cm³/mol. The van der Waals surface area contributed by atoms with E-state index < -0.39 is 0 Å². The summed E-state index contributed by atoms with van der Waals surface area (Å²) in [6.07, 6.45) is 0. The number of rotatable bonds is 8. The summed E-state index contributed by atoms with van der Waals surface area (Å²) >= 11 is 0. The molecule has 2 amide bonds. The van der Waals surface area contributed by atoms with Crippen LogP contribution in [0.5, 0.6) is 11.5 Å². The van der Waals surface area contributed by atoms with Crippen molar-refractivity contribution < 1.29 is 14.3 Å². The average Bonchev–Trinajstić information content (AvgIpc) is 2.85. The van der Waals surface area contributed by atoms with Crippen LogP contribution in [-0.4, -0.2) is 18.4 Å². The van der Waals surface area contributed by atoms with Gasteiger partial charge in [0.1, 0.15) is 11.5 Å². The first kappa shape index (κ1) is 22.6. The predicted octanol–water partition coefficient (Wildman–Crippen LogP) is 6.09. The zero-order valence-electron chi connectivity index (χ0n) is 18.7. The number of carbonyl (C=O) groups is 2. The summed E-state index contributed by atoms with van der Waals surface area (Å²) in [6, 6.07) is 31.4. The maximum Gasteiger partial charge on any atom is 0.255 e. The van der Waals surface area contributed by atoms with Crippen LogP contribution in [0.25, 0.3) is 0 Å². The van der Waals surface area contributed by atoms with E-state index in [-0.39, 0.29) is 18.4 Å². The van der Waals surface area contributed by atoms with E-state index >= 15 is 0 Å². The molecular weight excluding hydrogens is 426 g/mol. The first-order chi connectivity index (χ1) is 16.5. The fraction of sp³-hybridized carbons (Fsp3) is 0.0714. The van der Waals surface area contributed by atoms with E-state index in [0.717, 1.165) is 22.7 Å². The van der Waals surface area contributed by atoms with E-state index in [0.29, 0.717) is 16.9 Å². The van der Waals surface area contributed by atoms with Crippen LogP contribution in [0, 0.1) is 6.92 Å². The van der Waals surface area contributed by atoms with Gasteiger partial charge in [0, 0.05) is 22.6 Å². The largest absolute Gasteiger partial charge is 0.457 e. The highest BCUT2D eigenvalue weighted by molar-refractivity contribution is 6.04. The fourth-order valence-corrected chi connectivity index (χ4v) is 3.28. The molecule has 170 valence electrons. The Bertz CT molecular complexity index is 1250. The first-order valence-electron chi connectivity index (χ1n) is 10.9. The molecule has 6 heteroatoms. The maximum atomic E-state index is 12.4. The minimum absolute atomic E-state index is 0.116. The Hall–Kier alpha value is -4.58. The number of amides is 2. The molecule has 0 heterocycles. The van der Waals surface area contributed by atoms with Crippen LogP contribution in [0.3, 0.4) is 0 Å². The van der Waals surface area contributed by atoms with Gasteiger partial charge in [-0.05, 0) is 79.7 Å². The second-order valence-electron chi connectivity index (χ2n) is 7.74. The van der Waals surface area contributed by atoms with Crippen molar-refractivity contribution in [3.8, 4) is 11.5 Å². The number of nitrogens with one attached hydrogen (secondary N) is 3. The van der Waals surface area contributed by atoms with Crippen molar-refractivity contribution in [2.45, 2.75) is 6.92 Å². The normalized spacial score (nSPS) is 10.3. The van der Waals surface area contributed by atoms with Crippen molar-refractivity contribution in [1.29, 1.82) is 0 Å². The van der Waals surface area contributed by atoms with Gasteiger partial charge in [0.05, 0.1) is 6.54 Å². The Balaban J connectivity index is 1.24. The molecule has 0 aliphatic carbocycles. The van der Waals surface area contributed by atoms with Crippen LogP contribution in [-0.2, 0) is 4.79 Å². The highest BCUT2D eigenvalue weighted by atomic mass is 16.5. The van der Waals surface area contributed by atoms with Gasteiger partial charge in [-0.15, -0.1) is 0 Å². The Morgan fingerprint density at radius 2 is 1.29 bits per heavy atom. The molecule has 0 aromatic heterocycles. The van der Waals surface area contributed by atoms with Gasteiger partial charge in [-0.25, -0.2) is 0 Å². The standard InChI is InChI=1S/C28H25N3O3/c1-20-6-5-7-21(18-20)28(33)31-24-12-10-23(11-13-24)30-27(32)19-29-22-14-16-26(17-15-22)34-25-8-3-2-4-9-25/h2-18,29H,19H2,1H3,(H,30,32)(H,31,33). The fourth-order valence-electron chi connectivity index (χ4n) is 3.28. The van der Waals surface area contributed by atoms with Crippen molar-refractivity contribution >= 4 is 28.9 Å². The lowest BCUT2D eigenvalue weighted by Gasteiger charge is -2.10. The van der Waals surface area contributed by atoms with Crippen molar-refractivity contribution in [2.75, 3.05) is 22.5 Å². The van der Waals surface area contributed by atoms with E-state index in [9.17, 15) is 9.59 Å². The second-order valence-corrected chi connectivity index (χ2v) is 7.74. The number of hydrogen-bond acceptors (Lipinski definition) is 4. The average molecular weight is 452 g/mol. The van der Waals surface area contributed by atoms with Crippen LogP contribution in [0.15, 0.2) is 103 Å². The third-order valence-corrected chi connectivity index (χ3v) is 4.99. The Labute approximate surface area is 198 Å². The molecule has 4 aromatic rings. The molecule has 0 saturated heterocycles. The molecule has 34 heavy (non-hydrogen) atoms. The summed E-state index contributed by atoms with van der Waals surface area (Å²) in [7, 11) is 0. The second kappa shape index (κ2) is 10.8. The molecule has 0 aliphatic heterocycles. The molecule has 0 saturated carbocycles. The van der Waals surface area contributed by atoms with Gasteiger partial charge in [-0.3, -0.25) is 9.59 Å². The number of para-hydroxylation sites is 1. The molecule has 0 aliphatic rings. The third-order valence-electron chi connectivity index (χ3n) is 4.99. The van der Waals surface area contributed by atoms with Gasteiger partial charge in [-0.2, -0.15) is 0 Å². The summed E-state index contributed by atoms with van der Waals surface area (Å²) in [5.41, 5.74) is 3.73. The summed E-state index contributed by atoms with van der Waals surface area (Å²) in [5.74, 6) is 1.13. The van der Waals surface area contributed by atoms with Gasteiger partial charge in [0.25, 0.3) is 5.91 Å². The number of hydrogen-bond donors (Lipinski definition) is 3. The Morgan fingerprint density at radius 1 is 0.676 bits per heavy atom.